The number of nitrogens with one attached hydrogen (secondary N) is 2. The van der Waals surface area contributed by atoms with Crippen LogP contribution >= 0.6 is 11.6 Å². The van der Waals surface area contributed by atoms with Crippen LogP contribution in [0.3, 0.4) is 0 Å². The number of rotatable bonds is 6. The van der Waals surface area contributed by atoms with Crippen molar-refractivity contribution in [2.45, 2.75) is 12.6 Å². The molecule has 8 heteroatoms. The summed E-state index contributed by atoms with van der Waals surface area (Å²) < 4.78 is 7.50. The number of pyridine rings is 1. The molecule has 0 fully saturated rings. The van der Waals surface area contributed by atoms with Crippen molar-refractivity contribution < 1.29 is 4.74 Å². The summed E-state index contributed by atoms with van der Waals surface area (Å²) in [6, 6.07) is 13.4. The number of hydrogen-bond donors (Lipinski definition) is 2. The highest BCUT2D eigenvalue weighted by molar-refractivity contribution is 6.30. The van der Waals surface area contributed by atoms with Gasteiger partial charge in [0.05, 0.1) is 12.6 Å². The monoisotopic (exact) mass is 372 g/mol. The molecular weight excluding hydrogens is 352 g/mol. The molecule has 0 spiro atoms. The van der Waals surface area contributed by atoms with Crippen LogP contribution in [0.4, 0.5) is 0 Å². The molecule has 0 saturated carbocycles. The molecule has 0 saturated heterocycles. The summed E-state index contributed by atoms with van der Waals surface area (Å²) >= 11 is 6.06. The second-order valence-electron chi connectivity index (χ2n) is 5.63. The van der Waals surface area contributed by atoms with E-state index >= 15 is 0 Å². The Morgan fingerprint density at radius 2 is 2.12 bits per heavy atom. The lowest BCUT2D eigenvalue weighted by atomic mass is 10.1. The Morgan fingerprint density at radius 1 is 1.23 bits per heavy atom. The van der Waals surface area contributed by atoms with E-state index in [9.17, 15) is 0 Å². The van der Waals surface area contributed by atoms with E-state index in [4.69, 9.17) is 16.3 Å². The fraction of sp³-hybridized carbons (Fsp3) is 0.278. The summed E-state index contributed by atoms with van der Waals surface area (Å²) in [6.07, 6.45) is 1.80. The van der Waals surface area contributed by atoms with E-state index in [-0.39, 0.29) is 6.10 Å². The normalized spacial score (nSPS) is 13.0. The molecule has 0 radical (unpaired) electrons. The van der Waals surface area contributed by atoms with Gasteiger partial charge in [0.15, 0.2) is 17.4 Å². The minimum Gasteiger partial charge on any atom is -0.375 e. The summed E-state index contributed by atoms with van der Waals surface area (Å²) in [5.74, 6) is 1.46. The lowest BCUT2D eigenvalue weighted by Gasteiger charge is -2.18. The molecule has 0 bridgehead atoms. The predicted octanol–water partition coefficient (Wildman–Crippen LogP) is 2.44. The number of halogens is 1. The molecule has 26 heavy (non-hydrogen) atoms. The van der Waals surface area contributed by atoms with Crippen molar-refractivity contribution in [3.8, 4) is 0 Å². The Morgan fingerprint density at radius 3 is 2.88 bits per heavy atom. The third-order valence-electron chi connectivity index (χ3n) is 3.98. The molecule has 1 aromatic carbocycles. The van der Waals surface area contributed by atoms with Gasteiger partial charge in [0.1, 0.15) is 0 Å². The molecule has 1 unspecified atom stereocenters. The number of fused-ring (bicyclic) bond motifs is 1. The number of methoxy groups -OCH3 is 1. The van der Waals surface area contributed by atoms with Crippen molar-refractivity contribution in [2.24, 2.45) is 4.99 Å². The maximum Gasteiger partial charge on any atom is 0.191 e. The first-order valence-electron chi connectivity index (χ1n) is 8.22. The lowest BCUT2D eigenvalue weighted by Crippen LogP contribution is -2.39. The zero-order valence-electron chi connectivity index (χ0n) is 14.7. The van der Waals surface area contributed by atoms with Crippen molar-refractivity contribution in [1.82, 2.24) is 25.2 Å². The average Bonchev–Trinajstić information content (AvgIpc) is 3.08. The molecule has 2 N–H and O–H groups in total. The lowest BCUT2D eigenvalue weighted by molar-refractivity contribution is 0.106. The first kappa shape index (κ1) is 18.2. The van der Waals surface area contributed by atoms with Crippen LogP contribution in [0.25, 0.3) is 5.65 Å². The Bertz CT molecular complexity index is 894. The van der Waals surface area contributed by atoms with E-state index in [1.54, 1.807) is 14.2 Å². The number of aromatic nitrogens is 3. The van der Waals surface area contributed by atoms with Crippen molar-refractivity contribution in [3.05, 3.63) is 65.1 Å². The predicted molar refractivity (Wildman–Crippen MR) is 102 cm³/mol. The SMILES string of the molecule is CN=C(NCc1nnc2ccccn12)NCC(OC)c1cccc(Cl)c1. The molecule has 3 rings (SSSR count). The van der Waals surface area contributed by atoms with Crippen LogP contribution < -0.4 is 10.6 Å². The number of benzene rings is 1. The molecule has 1 atom stereocenters. The van der Waals surface area contributed by atoms with Crippen LogP contribution in [-0.2, 0) is 11.3 Å². The number of guanidine groups is 1. The Hall–Kier alpha value is -2.64. The average molecular weight is 373 g/mol. The first-order valence-corrected chi connectivity index (χ1v) is 8.60. The highest BCUT2D eigenvalue weighted by Crippen LogP contribution is 2.19. The summed E-state index contributed by atoms with van der Waals surface area (Å²) in [6.45, 7) is 1.05. The van der Waals surface area contributed by atoms with Gasteiger partial charge in [0, 0.05) is 31.9 Å². The summed E-state index contributed by atoms with van der Waals surface area (Å²) in [7, 11) is 3.39. The van der Waals surface area contributed by atoms with Crippen molar-refractivity contribution in [3.63, 3.8) is 0 Å². The van der Waals surface area contributed by atoms with Gasteiger partial charge in [-0.3, -0.25) is 9.39 Å². The second kappa shape index (κ2) is 8.64. The van der Waals surface area contributed by atoms with Crippen LogP contribution in [0.15, 0.2) is 53.7 Å². The molecule has 0 amide bonds. The standard InChI is InChI=1S/C18H21ClN6O/c1-20-18(21-11-15(26-2)13-6-5-7-14(19)10-13)22-12-17-24-23-16-8-3-4-9-25(16)17/h3-10,15H,11-12H2,1-2H3,(H2,20,21,22). The first-order chi connectivity index (χ1) is 12.7. The molecule has 136 valence electrons. The topological polar surface area (TPSA) is 75.8 Å². The number of hydrogen-bond acceptors (Lipinski definition) is 4. The molecule has 0 aliphatic carbocycles. The third kappa shape index (κ3) is 4.30. The van der Waals surface area contributed by atoms with E-state index < -0.39 is 0 Å². The highest BCUT2D eigenvalue weighted by atomic mass is 35.5. The van der Waals surface area contributed by atoms with Gasteiger partial charge < -0.3 is 15.4 Å². The van der Waals surface area contributed by atoms with Gasteiger partial charge in [0.25, 0.3) is 0 Å². The number of nitrogens with zero attached hydrogens (tertiary/aromatic N) is 4. The van der Waals surface area contributed by atoms with Gasteiger partial charge in [-0.25, -0.2) is 0 Å². The Balaban J connectivity index is 1.59. The van der Waals surface area contributed by atoms with Crippen molar-refractivity contribution in [2.75, 3.05) is 20.7 Å². The van der Waals surface area contributed by atoms with Crippen molar-refractivity contribution in [1.29, 1.82) is 0 Å². The van der Waals surface area contributed by atoms with Gasteiger partial charge in [-0.1, -0.05) is 29.8 Å². The molecule has 2 heterocycles. The minimum absolute atomic E-state index is 0.138. The number of ether oxygens (including phenoxy) is 1. The fourth-order valence-corrected chi connectivity index (χ4v) is 2.83. The van der Waals surface area contributed by atoms with Crippen LogP contribution in [-0.4, -0.2) is 41.3 Å². The van der Waals surface area contributed by atoms with Crippen LogP contribution in [0.1, 0.15) is 17.5 Å². The molecular formula is C18H21ClN6O. The second-order valence-corrected chi connectivity index (χ2v) is 6.07. The van der Waals surface area contributed by atoms with E-state index in [0.29, 0.717) is 24.1 Å². The molecule has 0 aliphatic rings. The summed E-state index contributed by atoms with van der Waals surface area (Å²) in [4.78, 5) is 4.24. The van der Waals surface area contributed by atoms with Crippen LogP contribution in [0.5, 0.6) is 0 Å². The maximum atomic E-state index is 6.06. The quantitative estimate of drug-likeness (QED) is 0.513. The van der Waals surface area contributed by atoms with Gasteiger partial charge in [-0.05, 0) is 29.8 Å². The van der Waals surface area contributed by atoms with Crippen LogP contribution in [0.2, 0.25) is 5.02 Å². The number of aliphatic imine (C=N–C) groups is 1. The van der Waals surface area contributed by atoms with E-state index in [1.165, 1.54) is 0 Å². The van der Waals surface area contributed by atoms with Crippen molar-refractivity contribution >= 4 is 23.2 Å². The molecule has 3 aromatic rings. The summed E-state index contributed by atoms with van der Waals surface area (Å²) in [5.41, 5.74) is 1.82. The van der Waals surface area contributed by atoms with E-state index in [1.807, 2.05) is 53.1 Å². The van der Waals surface area contributed by atoms with Gasteiger partial charge in [-0.15, -0.1) is 10.2 Å². The fourth-order valence-electron chi connectivity index (χ4n) is 2.63. The van der Waals surface area contributed by atoms with Gasteiger partial charge >= 0.3 is 0 Å². The zero-order chi connectivity index (χ0) is 18.4. The smallest absolute Gasteiger partial charge is 0.191 e. The van der Waals surface area contributed by atoms with E-state index in [2.05, 4.69) is 25.8 Å². The Labute approximate surface area is 157 Å². The zero-order valence-corrected chi connectivity index (χ0v) is 15.4. The van der Waals surface area contributed by atoms with Gasteiger partial charge in [0.2, 0.25) is 0 Å². The maximum absolute atomic E-state index is 6.06. The third-order valence-corrected chi connectivity index (χ3v) is 4.22. The van der Waals surface area contributed by atoms with Gasteiger partial charge in [-0.2, -0.15) is 0 Å². The Kier molecular flexibility index (Phi) is 6.04. The largest absolute Gasteiger partial charge is 0.375 e. The highest BCUT2D eigenvalue weighted by Gasteiger charge is 2.12. The minimum atomic E-state index is -0.138. The van der Waals surface area contributed by atoms with E-state index in [0.717, 1.165) is 17.0 Å². The summed E-state index contributed by atoms with van der Waals surface area (Å²) in [5, 5.41) is 15.5. The molecule has 2 aromatic heterocycles. The molecule has 7 nitrogen and oxygen atoms in total. The molecule has 0 aliphatic heterocycles. The van der Waals surface area contributed by atoms with Crippen LogP contribution in [0, 0.1) is 0 Å².